The van der Waals surface area contributed by atoms with Crippen LogP contribution in [0, 0.1) is 35.3 Å². The first-order valence-corrected chi connectivity index (χ1v) is 12.4. The minimum absolute atomic E-state index is 0. The molecule has 1 heterocycles. The van der Waals surface area contributed by atoms with Crippen LogP contribution in [-0.2, 0) is 10.8 Å². The highest BCUT2D eigenvalue weighted by Crippen LogP contribution is 2.52. The molecule has 0 spiro atoms. The predicted molar refractivity (Wildman–Crippen MR) is 129 cm³/mol. The summed E-state index contributed by atoms with van der Waals surface area (Å²) in [6, 6.07) is 8.86. The van der Waals surface area contributed by atoms with Crippen molar-refractivity contribution < 1.29 is 29.4 Å². The quantitative estimate of drug-likeness (QED) is 0.488. The topological polar surface area (TPSA) is 116 Å². The Balaban J connectivity index is 0.00000216. The van der Waals surface area contributed by atoms with Crippen LogP contribution < -0.4 is 10.5 Å². The number of ether oxygens (including phenoxy) is 1. The summed E-state index contributed by atoms with van der Waals surface area (Å²) in [7, 11) is -1.12. The van der Waals surface area contributed by atoms with Crippen molar-refractivity contribution in [1.29, 1.82) is 0 Å². The van der Waals surface area contributed by atoms with Crippen molar-refractivity contribution in [1.82, 2.24) is 4.90 Å². The fourth-order valence-electron chi connectivity index (χ4n) is 4.25. The van der Waals surface area contributed by atoms with Crippen LogP contribution in [0.25, 0.3) is 11.1 Å². The van der Waals surface area contributed by atoms with Gasteiger partial charge in [0.1, 0.15) is 5.84 Å². The first-order chi connectivity index (χ1) is 15.7. The number of benzene rings is 2. The molecule has 2 aliphatic rings. The van der Waals surface area contributed by atoms with Gasteiger partial charge in [0.2, 0.25) is 0 Å². The van der Waals surface area contributed by atoms with Gasteiger partial charge in [-0.25, -0.2) is 13.6 Å². The lowest BCUT2D eigenvalue weighted by molar-refractivity contribution is 0.201. The van der Waals surface area contributed by atoms with Gasteiger partial charge in [0.25, 0.3) is 0 Å². The fraction of sp³-hybridized carbons (Fsp3) is 0.417. The van der Waals surface area contributed by atoms with Crippen molar-refractivity contribution >= 4 is 22.7 Å². The van der Waals surface area contributed by atoms with Gasteiger partial charge in [0.05, 0.1) is 6.61 Å². The van der Waals surface area contributed by atoms with Crippen molar-refractivity contribution in [3.05, 3.63) is 48.0 Å². The number of carbonyl (C=O) groups excluding carboxylic acids is 1. The minimum Gasteiger partial charge on any atom is -0.487 e. The molecule has 0 radical (unpaired) electrons. The van der Waals surface area contributed by atoms with Crippen LogP contribution in [-0.4, -0.2) is 52.4 Å². The highest BCUT2D eigenvalue weighted by atomic mass is 32.2. The number of carbonyl (C=O) groups is 1. The van der Waals surface area contributed by atoms with E-state index >= 15 is 0 Å². The molecule has 34 heavy (non-hydrogen) atoms. The largest absolute Gasteiger partial charge is 0.487 e. The number of likely N-dealkylation sites (tertiary alicyclic amines) is 1. The summed E-state index contributed by atoms with van der Waals surface area (Å²) < 4.78 is 46.3. The molecule has 186 valence electrons. The Hall–Kier alpha value is -2.85. The number of nitrogens with zero attached hydrogens (tertiary/aromatic N) is 2. The van der Waals surface area contributed by atoms with E-state index in [4.69, 9.17) is 10.5 Å². The van der Waals surface area contributed by atoms with E-state index in [1.165, 1.54) is 12.1 Å². The lowest BCUT2D eigenvalue weighted by Crippen LogP contribution is -2.32. The SMILES string of the molecule is CC(C)/C(N)=N/C(=O)N1CC2C(COc3c(F)cc(-c4ccc(S(C)=O)cc4)cc3F)[C@H]2C1.O.[HH]. The van der Waals surface area contributed by atoms with E-state index in [0.717, 1.165) is 0 Å². The molecule has 1 saturated heterocycles. The number of halogens is 2. The van der Waals surface area contributed by atoms with E-state index in [1.54, 1.807) is 35.4 Å². The Bertz CT molecular complexity index is 1100. The van der Waals surface area contributed by atoms with Gasteiger partial charge >= 0.3 is 6.03 Å². The number of fused-ring (bicyclic) bond motifs is 1. The molecule has 7 nitrogen and oxygen atoms in total. The second-order valence-corrected chi connectivity index (χ2v) is 10.3. The number of hydrogen-bond acceptors (Lipinski definition) is 3. The zero-order chi connectivity index (χ0) is 23.9. The van der Waals surface area contributed by atoms with Crippen LogP contribution in [0.4, 0.5) is 13.6 Å². The summed E-state index contributed by atoms with van der Waals surface area (Å²) in [6.45, 7) is 5.04. The smallest absolute Gasteiger partial charge is 0.345 e. The van der Waals surface area contributed by atoms with Crippen LogP contribution >= 0.6 is 0 Å². The summed E-state index contributed by atoms with van der Waals surface area (Å²) in [6.07, 6.45) is 1.57. The fourth-order valence-corrected chi connectivity index (χ4v) is 4.77. The number of piperidine rings is 1. The van der Waals surface area contributed by atoms with E-state index in [2.05, 4.69) is 4.99 Å². The van der Waals surface area contributed by atoms with Crippen LogP contribution in [0.2, 0.25) is 0 Å². The van der Waals surface area contributed by atoms with Gasteiger partial charge in [0.15, 0.2) is 17.4 Å². The highest BCUT2D eigenvalue weighted by Gasteiger charge is 2.57. The van der Waals surface area contributed by atoms with Gasteiger partial charge in [-0.05, 0) is 47.2 Å². The van der Waals surface area contributed by atoms with Crippen molar-refractivity contribution in [2.24, 2.45) is 34.4 Å². The van der Waals surface area contributed by atoms with E-state index in [1.807, 2.05) is 13.8 Å². The van der Waals surface area contributed by atoms with Crippen molar-refractivity contribution in [3.8, 4) is 16.9 Å². The molecule has 2 aromatic carbocycles. The monoisotopic (exact) mass is 495 g/mol. The first-order valence-electron chi connectivity index (χ1n) is 10.8. The predicted octanol–water partition coefficient (Wildman–Crippen LogP) is 3.48. The van der Waals surface area contributed by atoms with Gasteiger partial charge in [-0.3, -0.25) is 4.21 Å². The first kappa shape index (κ1) is 25.8. The number of amides is 2. The zero-order valence-electron chi connectivity index (χ0n) is 19.3. The van der Waals surface area contributed by atoms with Gasteiger partial charge in [-0.1, -0.05) is 26.0 Å². The van der Waals surface area contributed by atoms with Gasteiger partial charge in [-0.2, -0.15) is 4.99 Å². The molecule has 1 aliphatic heterocycles. The number of amidine groups is 1. The lowest BCUT2D eigenvalue weighted by atomic mass is 10.1. The maximum Gasteiger partial charge on any atom is 0.345 e. The number of urea groups is 1. The normalized spacial score (nSPS) is 22.2. The number of rotatable bonds is 6. The maximum absolute atomic E-state index is 14.6. The summed E-state index contributed by atoms with van der Waals surface area (Å²) in [5.74, 6) is -0.965. The zero-order valence-corrected chi connectivity index (χ0v) is 20.1. The highest BCUT2D eigenvalue weighted by molar-refractivity contribution is 7.84. The Morgan fingerprint density at radius 1 is 1.18 bits per heavy atom. The van der Waals surface area contributed by atoms with Crippen LogP contribution in [0.1, 0.15) is 15.3 Å². The molecule has 4 rings (SSSR count). The van der Waals surface area contributed by atoms with Crippen molar-refractivity contribution in [2.45, 2.75) is 18.7 Å². The van der Waals surface area contributed by atoms with Crippen molar-refractivity contribution in [2.75, 3.05) is 26.0 Å². The van der Waals surface area contributed by atoms with Crippen LogP contribution in [0.15, 0.2) is 46.3 Å². The van der Waals surface area contributed by atoms with E-state index in [0.29, 0.717) is 34.9 Å². The van der Waals surface area contributed by atoms with E-state index in [9.17, 15) is 17.8 Å². The summed E-state index contributed by atoms with van der Waals surface area (Å²) in [5, 5.41) is 0. The van der Waals surface area contributed by atoms with Gasteiger partial charge in [-0.15, -0.1) is 0 Å². The van der Waals surface area contributed by atoms with Gasteiger partial charge < -0.3 is 20.8 Å². The Morgan fingerprint density at radius 3 is 2.24 bits per heavy atom. The van der Waals surface area contributed by atoms with Crippen LogP contribution in [0.3, 0.4) is 0 Å². The summed E-state index contributed by atoms with van der Waals surface area (Å²) >= 11 is 0. The Labute approximate surface area is 201 Å². The Kier molecular flexibility index (Phi) is 7.72. The molecular formula is C24H31F2N3O4S. The molecular weight excluding hydrogens is 464 g/mol. The third-order valence-electron chi connectivity index (χ3n) is 6.40. The number of aliphatic imine (C=N–C) groups is 1. The Morgan fingerprint density at radius 2 is 1.74 bits per heavy atom. The lowest BCUT2D eigenvalue weighted by Gasteiger charge is -2.18. The summed E-state index contributed by atoms with van der Waals surface area (Å²) in [5.41, 5.74) is 6.76. The number of nitrogens with two attached hydrogens (primary N) is 1. The number of hydrogen-bond donors (Lipinski definition) is 1. The molecule has 3 unspecified atom stereocenters. The van der Waals surface area contributed by atoms with Crippen molar-refractivity contribution in [3.63, 3.8) is 0 Å². The molecule has 4 atom stereocenters. The third-order valence-corrected chi connectivity index (χ3v) is 7.33. The van der Waals surface area contributed by atoms with Gasteiger partial charge in [0, 0.05) is 48.3 Å². The molecule has 0 bridgehead atoms. The molecule has 1 aliphatic carbocycles. The molecule has 0 aromatic heterocycles. The molecule has 2 aromatic rings. The minimum atomic E-state index is -1.12. The second kappa shape index (κ2) is 10.2. The molecule has 10 heteroatoms. The molecule has 2 amide bonds. The van der Waals surface area contributed by atoms with E-state index in [-0.39, 0.29) is 43.2 Å². The maximum atomic E-state index is 14.6. The third kappa shape index (κ3) is 5.28. The standard InChI is InChI=1S/C24H27F2N3O3S.H2O.H2/c1-13(2)23(27)28-24(30)29-10-17-18(11-29)19(17)12-32-22-20(25)8-15(9-21(22)26)14-4-6-16(7-5-14)33(3)31;;/h4-9,13,17-19H,10-12H2,1-3H3,(H2,27,28,30);1H2;1H/t17-,18?,19?,33?;;/m0../s1. The second-order valence-electron chi connectivity index (χ2n) is 8.93. The average molecular weight is 496 g/mol. The molecule has 4 N–H and O–H groups in total. The van der Waals surface area contributed by atoms with Crippen LogP contribution in [0.5, 0.6) is 5.75 Å². The average Bonchev–Trinajstić information content (AvgIpc) is 3.21. The molecule has 1 saturated carbocycles. The molecule has 2 fully saturated rings. The summed E-state index contributed by atoms with van der Waals surface area (Å²) in [4.78, 5) is 18.5. The van der Waals surface area contributed by atoms with E-state index < -0.39 is 28.2 Å².